The highest BCUT2D eigenvalue weighted by Gasteiger charge is 2.11. The first-order chi connectivity index (χ1) is 8.13. The Hall–Kier alpha value is -2.30. The Morgan fingerprint density at radius 2 is 2.06 bits per heavy atom. The third kappa shape index (κ3) is 1.99. The van der Waals surface area contributed by atoms with E-state index in [1.807, 2.05) is 0 Å². The second-order valence-corrected chi connectivity index (χ2v) is 3.58. The molecule has 0 bridgehead atoms. The summed E-state index contributed by atoms with van der Waals surface area (Å²) in [7, 11) is 1.33. The number of ether oxygens (including phenoxy) is 1. The summed E-state index contributed by atoms with van der Waals surface area (Å²) in [6.07, 6.45) is 1.15. The first-order valence-electron chi connectivity index (χ1n) is 5.09. The summed E-state index contributed by atoms with van der Waals surface area (Å²) in [4.78, 5) is 22.5. The Bertz CT molecular complexity index is 586. The number of nitrogens with zero attached hydrogens (tertiary/aromatic N) is 1. The van der Waals surface area contributed by atoms with E-state index in [9.17, 15) is 9.59 Å². The minimum atomic E-state index is -0.458. The summed E-state index contributed by atoms with van der Waals surface area (Å²) >= 11 is 0. The Morgan fingerprint density at radius 3 is 2.71 bits per heavy atom. The smallest absolute Gasteiger partial charge is 0.418 e. The molecule has 0 saturated heterocycles. The van der Waals surface area contributed by atoms with Gasteiger partial charge in [-0.2, -0.15) is 0 Å². The van der Waals surface area contributed by atoms with E-state index in [0.29, 0.717) is 11.2 Å². The van der Waals surface area contributed by atoms with Gasteiger partial charge < -0.3 is 10.1 Å². The topological polar surface area (TPSA) is 60.3 Å². The Balaban J connectivity index is 2.56. The molecular weight excluding hydrogens is 220 g/mol. The maximum atomic E-state index is 11.5. The maximum absolute atomic E-state index is 11.5. The summed E-state index contributed by atoms with van der Waals surface area (Å²) in [5.74, 6) is -0.150. The second kappa shape index (κ2) is 4.29. The number of anilines is 1. The van der Waals surface area contributed by atoms with Crippen LogP contribution in [-0.4, -0.2) is 23.7 Å². The number of hydrogen-bond acceptors (Lipinski definition) is 3. The molecule has 0 atom stereocenters. The average Bonchev–Trinajstić information content (AvgIpc) is 2.72. The van der Waals surface area contributed by atoms with Crippen LogP contribution in [0.25, 0.3) is 10.9 Å². The number of methoxy groups -OCH3 is 1. The van der Waals surface area contributed by atoms with Gasteiger partial charge in [0.1, 0.15) is 0 Å². The lowest BCUT2D eigenvalue weighted by molar-refractivity contribution is -0.114. The summed E-state index contributed by atoms with van der Waals surface area (Å²) < 4.78 is 6.05. The molecule has 0 fully saturated rings. The van der Waals surface area contributed by atoms with Gasteiger partial charge in [-0.1, -0.05) is 6.07 Å². The summed E-state index contributed by atoms with van der Waals surface area (Å²) in [5.41, 5.74) is 1.38. The SMILES string of the molecule is COC(=O)n1ccc2c(NC(C)=O)cccc21. The molecule has 2 aromatic rings. The number of hydrogen-bond donors (Lipinski definition) is 1. The standard InChI is InChI=1S/C12H12N2O3/c1-8(15)13-10-4-3-5-11-9(10)6-7-14(11)12(16)17-2/h3-7H,1-2H3,(H,13,15). The normalized spacial score (nSPS) is 10.2. The van der Waals surface area contributed by atoms with Crippen molar-refractivity contribution in [2.75, 3.05) is 12.4 Å². The summed E-state index contributed by atoms with van der Waals surface area (Å²) in [6, 6.07) is 7.10. The molecule has 2 rings (SSSR count). The molecule has 0 aliphatic carbocycles. The largest absolute Gasteiger partial charge is 0.452 e. The Morgan fingerprint density at radius 1 is 1.29 bits per heavy atom. The van der Waals surface area contributed by atoms with Crippen molar-refractivity contribution in [1.82, 2.24) is 4.57 Å². The van der Waals surface area contributed by atoms with E-state index in [2.05, 4.69) is 10.1 Å². The van der Waals surface area contributed by atoms with Gasteiger partial charge in [-0.25, -0.2) is 4.79 Å². The van der Waals surface area contributed by atoms with Crippen LogP contribution >= 0.6 is 0 Å². The van der Waals surface area contributed by atoms with Gasteiger partial charge in [0.15, 0.2) is 0 Å². The summed E-state index contributed by atoms with van der Waals surface area (Å²) in [6.45, 7) is 1.44. The molecular formula is C12H12N2O3. The highest BCUT2D eigenvalue weighted by atomic mass is 16.5. The van der Waals surface area contributed by atoms with Gasteiger partial charge in [0.2, 0.25) is 5.91 Å². The lowest BCUT2D eigenvalue weighted by Gasteiger charge is -2.05. The van der Waals surface area contributed by atoms with Gasteiger partial charge in [-0.3, -0.25) is 9.36 Å². The first-order valence-corrected chi connectivity index (χ1v) is 5.09. The molecule has 0 radical (unpaired) electrons. The minimum Gasteiger partial charge on any atom is -0.452 e. The van der Waals surface area contributed by atoms with E-state index >= 15 is 0 Å². The van der Waals surface area contributed by atoms with Crippen molar-refractivity contribution in [2.45, 2.75) is 6.92 Å². The number of nitrogens with one attached hydrogen (secondary N) is 1. The number of amides is 1. The second-order valence-electron chi connectivity index (χ2n) is 3.58. The Labute approximate surface area is 98.0 Å². The molecule has 0 unspecified atom stereocenters. The fraction of sp³-hybridized carbons (Fsp3) is 0.167. The maximum Gasteiger partial charge on any atom is 0.418 e. The third-order valence-electron chi connectivity index (χ3n) is 2.41. The number of fused-ring (bicyclic) bond motifs is 1. The Kier molecular flexibility index (Phi) is 2.82. The van der Waals surface area contributed by atoms with E-state index in [1.54, 1.807) is 30.5 Å². The molecule has 0 aliphatic rings. The highest BCUT2D eigenvalue weighted by Crippen LogP contribution is 2.24. The van der Waals surface area contributed by atoms with Crippen LogP contribution in [0.4, 0.5) is 10.5 Å². The van der Waals surface area contributed by atoms with Gasteiger partial charge in [0.25, 0.3) is 0 Å². The number of carbonyl (C=O) groups excluding carboxylic acids is 2. The van der Waals surface area contributed by atoms with E-state index in [1.165, 1.54) is 18.6 Å². The zero-order valence-corrected chi connectivity index (χ0v) is 9.56. The van der Waals surface area contributed by atoms with Crippen LogP contribution < -0.4 is 5.32 Å². The molecule has 1 aromatic heterocycles. The molecule has 0 saturated carbocycles. The van der Waals surface area contributed by atoms with Crippen molar-refractivity contribution in [1.29, 1.82) is 0 Å². The molecule has 5 heteroatoms. The van der Waals surface area contributed by atoms with Crippen molar-refractivity contribution in [3.8, 4) is 0 Å². The van der Waals surface area contributed by atoms with Crippen LogP contribution in [0.15, 0.2) is 30.5 Å². The van der Waals surface area contributed by atoms with Crippen LogP contribution in [-0.2, 0) is 9.53 Å². The van der Waals surface area contributed by atoms with Gasteiger partial charge in [0.05, 0.1) is 18.3 Å². The minimum absolute atomic E-state index is 0.150. The molecule has 17 heavy (non-hydrogen) atoms. The fourth-order valence-corrected chi connectivity index (χ4v) is 1.72. The molecule has 1 heterocycles. The zero-order valence-electron chi connectivity index (χ0n) is 9.56. The molecule has 1 aromatic carbocycles. The van der Waals surface area contributed by atoms with Crippen molar-refractivity contribution in [2.24, 2.45) is 0 Å². The molecule has 0 aliphatic heterocycles. The monoisotopic (exact) mass is 232 g/mol. The number of carbonyl (C=O) groups is 2. The van der Waals surface area contributed by atoms with Gasteiger partial charge in [-0.05, 0) is 18.2 Å². The lowest BCUT2D eigenvalue weighted by atomic mass is 10.2. The quantitative estimate of drug-likeness (QED) is 0.820. The van der Waals surface area contributed by atoms with Gasteiger partial charge in [-0.15, -0.1) is 0 Å². The van der Waals surface area contributed by atoms with E-state index in [4.69, 9.17) is 0 Å². The van der Waals surface area contributed by atoms with Crippen molar-refractivity contribution >= 4 is 28.6 Å². The average molecular weight is 232 g/mol. The molecule has 1 N–H and O–H groups in total. The summed E-state index contributed by atoms with van der Waals surface area (Å²) in [5, 5.41) is 3.51. The first kappa shape index (κ1) is 11.2. The molecule has 88 valence electrons. The van der Waals surface area contributed by atoms with Gasteiger partial charge >= 0.3 is 6.09 Å². The van der Waals surface area contributed by atoms with E-state index in [0.717, 1.165) is 5.39 Å². The fourth-order valence-electron chi connectivity index (χ4n) is 1.72. The molecule has 1 amide bonds. The number of benzene rings is 1. The van der Waals surface area contributed by atoms with Crippen LogP contribution in [0.1, 0.15) is 6.92 Å². The van der Waals surface area contributed by atoms with Gasteiger partial charge in [0, 0.05) is 18.5 Å². The number of aromatic nitrogens is 1. The molecule has 5 nitrogen and oxygen atoms in total. The van der Waals surface area contributed by atoms with Crippen LogP contribution in [0.5, 0.6) is 0 Å². The highest BCUT2D eigenvalue weighted by molar-refractivity contribution is 6.02. The molecule has 0 spiro atoms. The zero-order chi connectivity index (χ0) is 12.4. The van der Waals surface area contributed by atoms with Crippen LogP contribution in [0.3, 0.4) is 0 Å². The van der Waals surface area contributed by atoms with Crippen molar-refractivity contribution in [3.05, 3.63) is 30.5 Å². The van der Waals surface area contributed by atoms with Crippen LogP contribution in [0, 0.1) is 0 Å². The van der Waals surface area contributed by atoms with Crippen LogP contribution in [0.2, 0.25) is 0 Å². The lowest BCUT2D eigenvalue weighted by Crippen LogP contribution is -2.10. The predicted molar refractivity (Wildman–Crippen MR) is 64.0 cm³/mol. The van der Waals surface area contributed by atoms with E-state index < -0.39 is 6.09 Å². The number of rotatable bonds is 1. The predicted octanol–water partition coefficient (Wildman–Crippen LogP) is 2.21. The van der Waals surface area contributed by atoms with Crippen molar-refractivity contribution in [3.63, 3.8) is 0 Å². The van der Waals surface area contributed by atoms with Crippen molar-refractivity contribution < 1.29 is 14.3 Å². The van der Waals surface area contributed by atoms with E-state index in [-0.39, 0.29) is 5.91 Å². The third-order valence-corrected chi connectivity index (χ3v) is 2.41.